The Morgan fingerprint density at radius 2 is 0.667 bits per heavy atom. The first kappa shape index (κ1) is 34.0. The van der Waals surface area contributed by atoms with Crippen LogP contribution in [-0.4, -0.2) is 75.2 Å². The quantitative estimate of drug-likeness (QED) is 0.0856. The van der Waals surface area contributed by atoms with E-state index < -0.39 is 8.70 Å². The van der Waals surface area contributed by atoms with Crippen molar-refractivity contribution < 1.29 is 19.2 Å². The third-order valence-electron chi connectivity index (χ3n) is 3.09. The van der Waals surface area contributed by atoms with Gasteiger partial charge in [-0.2, -0.15) is 0 Å². The molecule has 0 amide bonds. The Balaban J connectivity index is 5.15. The summed E-state index contributed by atoms with van der Waals surface area (Å²) in [6, 6.07) is 0. The minimum absolute atomic E-state index is 0.0281. The predicted octanol–water partition coefficient (Wildman–Crippen LogP) is 6.14. The summed E-state index contributed by atoms with van der Waals surface area (Å²) in [5.74, 6) is 6.20. The fraction of sp³-hybridized carbons (Fsp3) is 0.400. The summed E-state index contributed by atoms with van der Waals surface area (Å²) < 4.78 is 0. The molecule has 0 rings (SSSR count). The average Bonchev–Trinajstić information content (AvgIpc) is 2.83. The second-order valence-corrected chi connectivity index (χ2v) is 42.7. The average molecular weight is 662 g/mol. The third-order valence-corrected chi connectivity index (χ3v) is 46.7. The number of thioether (sulfide) groups is 4. The monoisotopic (exact) mass is 662 g/mol. The number of rotatable bonds is 20. The number of carbonyl (C=O) groups is 4. The molecule has 184 valence electrons. The molecular formula is C20H28GeO4S8. The van der Waals surface area contributed by atoms with Crippen LogP contribution in [-0.2, 0) is 19.2 Å². The zero-order chi connectivity index (χ0) is 25.0. The molecule has 0 aromatic carbocycles. The van der Waals surface area contributed by atoms with Gasteiger partial charge in [-0.05, 0) is 0 Å². The molecule has 0 aliphatic rings. The number of hydrogen-bond acceptors (Lipinski definition) is 12. The Kier molecular flexibility index (Phi) is 22.9. The fourth-order valence-corrected chi connectivity index (χ4v) is 46.3. The molecule has 0 aromatic heterocycles. The first-order valence-electron chi connectivity index (χ1n) is 9.55. The standard InChI is InChI=1S/C20H28GeO4S8/c1-5-17(22)26-9-13-30-21(31-14-10-27-18(23)6-2,32-15-11-28-19(24)7-3)33-16-12-29-20(25)8-4/h5-8H,1-4,9-16H2. The summed E-state index contributed by atoms with van der Waals surface area (Å²) in [5.41, 5.74) is 0. The van der Waals surface area contributed by atoms with Gasteiger partial charge in [-0.3, -0.25) is 0 Å². The van der Waals surface area contributed by atoms with E-state index >= 15 is 0 Å². The molecule has 0 spiro atoms. The van der Waals surface area contributed by atoms with Gasteiger partial charge >= 0.3 is 232 Å². The van der Waals surface area contributed by atoms with Crippen LogP contribution in [0.25, 0.3) is 0 Å². The predicted molar refractivity (Wildman–Crippen MR) is 166 cm³/mol. The molecule has 0 heterocycles. The van der Waals surface area contributed by atoms with E-state index in [9.17, 15) is 19.2 Å². The topological polar surface area (TPSA) is 68.3 Å². The van der Waals surface area contributed by atoms with E-state index in [1.807, 2.05) is 40.3 Å². The normalized spacial score (nSPS) is 10.9. The molecule has 0 atom stereocenters. The van der Waals surface area contributed by atoms with Gasteiger partial charge in [0, 0.05) is 0 Å². The van der Waals surface area contributed by atoms with E-state index in [0.29, 0.717) is 23.0 Å². The van der Waals surface area contributed by atoms with E-state index in [0.717, 1.165) is 23.0 Å². The molecule has 33 heavy (non-hydrogen) atoms. The van der Waals surface area contributed by atoms with Crippen molar-refractivity contribution in [1.29, 1.82) is 0 Å². The van der Waals surface area contributed by atoms with E-state index in [2.05, 4.69) is 26.3 Å². The van der Waals surface area contributed by atoms with Gasteiger partial charge in [0.25, 0.3) is 0 Å². The fourth-order valence-electron chi connectivity index (χ4n) is 1.72. The summed E-state index contributed by atoms with van der Waals surface area (Å²) >= 11 is 5.07. The van der Waals surface area contributed by atoms with Gasteiger partial charge in [-0.15, -0.1) is 0 Å². The molecule has 0 bridgehead atoms. The molecule has 13 heteroatoms. The summed E-state index contributed by atoms with van der Waals surface area (Å²) in [7, 11) is 5.08. The molecular weight excluding hydrogens is 633 g/mol. The SMILES string of the molecule is C=CC(=O)SCC[S][Ge]([S]CCSC(=O)C=C)([S]CCSC(=O)C=C)[S]CCSC(=O)C=C. The zero-order valence-corrected chi connectivity index (χ0v) is 26.8. The Morgan fingerprint density at radius 3 is 0.848 bits per heavy atom. The van der Waals surface area contributed by atoms with E-state index in [1.54, 1.807) is 0 Å². The van der Waals surface area contributed by atoms with Gasteiger partial charge in [0.15, 0.2) is 0 Å². The van der Waals surface area contributed by atoms with Gasteiger partial charge in [-0.25, -0.2) is 0 Å². The Hall–Kier alpha value is 0.983. The molecule has 0 saturated heterocycles. The summed E-state index contributed by atoms with van der Waals surface area (Å²) in [6.07, 6.45) is 5.32. The van der Waals surface area contributed by atoms with Crippen LogP contribution in [0.15, 0.2) is 50.6 Å². The van der Waals surface area contributed by atoms with Crippen molar-refractivity contribution in [3.63, 3.8) is 0 Å². The molecule has 0 saturated carbocycles. The molecule has 0 radical (unpaired) electrons. The van der Waals surface area contributed by atoms with Gasteiger partial charge in [0.2, 0.25) is 0 Å². The molecule has 0 N–H and O–H groups in total. The van der Waals surface area contributed by atoms with E-state index in [-0.39, 0.29) is 20.5 Å². The van der Waals surface area contributed by atoms with Crippen molar-refractivity contribution in [3.8, 4) is 0 Å². The number of hydrogen-bond donors (Lipinski definition) is 0. The second-order valence-electron chi connectivity index (χ2n) is 5.38. The molecule has 4 nitrogen and oxygen atoms in total. The number of carbonyl (C=O) groups excluding carboxylic acids is 4. The van der Waals surface area contributed by atoms with Crippen molar-refractivity contribution in [2.24, 2.45) is 0 Å². The third kappa shape index (κ3) is 18.9. The van der Waals surface area contributed by atoms with Crippen molar-refractivity contribution in [3.05, 3.63) is 50.6 Å². The zero-order valence-electron chi connectivity index (χ0n) is 18.2. The van der Waals surface area contributed by atoms with Crippen LogP contribution in [0, 0.1) is 0 Å². The van der Waals surface area contributed by atoms with Crippen LogP contribution >= 0.6 is 87.4 Å². The van der Waals surface area contributed by atoms with Gasteiger partial charge in [0.05, 0.1) is 0 Å². The second kappa shape index (κ2) is 22.2. The van der Waals surface area contributed by atoms with E-state index in [1.165, 1.54) is 71.4 Å². The van der Waals surface area contributed by atoms with Gasteiger partial charge in [0.1, 0.15) is 0 Å². The van der Waals surface area contributed by atoms with Crippen LogP contribution in [0.2, 0.25) is 0 Å². The Labute approximate surface area is 230 Å². The Morgan fingerprint density at radius 1 is 0.455 bits per heavy atom. The molecule has 0 fully saturated rings. The van der Waals surface area contributed by atoms with Crippen molar-refractivity contribution in [2.45, 2.75) is 0 Å². The van der Waals surface area contributed by atoms with Crippen LogP contribution in [0.1, 0.15) is 0 Å². The van der Waals surface area contributed by atoms with Gasteiger partial charge in [-0.1, -0.05) is 0 Å². The van der Waals surface area contributed by atoms with Crippen LogP contribution in [0.3, 0.4) is 0 Å². The summed E-state index contributed by atoms with van der Waals surface area (Å²) in [6.45, 7) is 14.1. The van der Waals surface area contributed by atoms with Crippen molar-refractivity contribution in [1.82, 2.24) is 0 Å². The van der Waals surface area contributed by atoms with Crippen molar-refractivity contribution in [2.75, 3.05) is 46.0 Å². The molecule has 0 aromatic rings. The Bertz CT molecular complexity index is 584. The van der Waals surface area contributed by atoms with Crippen LogP contribution in [0.4, 0.5) is 0 Å². The summed E-state index contributed by atoms with van der Waals surface area (Å²) in [5, 5.41) is -0.112. The summed E-state index contributed by atoms with van der Waals surface area (Å²) in [4.78, 5) is 46.2. The maximum atomic E-state index is 11.6. The molecule has 0 unspecified atom stereocenters. The van der Waals surface area contributed by atoms with Crippen molar-refractivity contribution >= 4 is 117 Å². The minimum atomic E-state index is -2.68. The van der Waals surface area contributed by atoms with Crippen LogP contribution < -0.4 is 0 Å². The first-order chi connectivity index (χ1) is 15.8. The van der Waals surface area contributed by atoms with Gasteiger partial charge < -0.3 is 0 Å². The maximum absolute atomic E-state index is 11.6. The molecule has 0 aliphatic heterocycles. The first-order valence-corrected chi connectivity index (χ1v) is 27.7. The molecule has 0 aliphatic carbocycles. The van der Waals surface area contributed by atoms with Crippen LogP contribution in [0.5, 0.6) is 0 Å². The van der Waals surface area contributed by atoms with E-state index in [4.69, 9.17) is 0 Å².